The molecule has 1 aliphatic heterocycles. The van der Waals surface area contributed by atoms with Crippen molar-refractivity contribution in [2.45, 2.75) is 13.2 Å². The van der Waals surface area contributed by atoms with Crippen LogP contribution in [0.1, 0.15) is 11.3 Å². The van der Waals surface area contributed by atoms with E-state index in [4.69, 9.17) is 0 Å². The van der Waals surface area contributed by atoms with E-state index < -0.39 is 12.1 Å². The van der Waals surface area contributed by atoms with Crippen LogP contribution in [-0.4, -0.2) is 16.4 Å². The zero-order valence-electron chi connectivity index (χ0n) is 11.9. The highest BCUT2D eigenvalue weighted by molar-refractivity contribution is 5.83. The number of aryl methyl sites for hydroxylation is 1. The number of rotatable bonds is 2. The molecule has 1 aliphatic rings. The fourth-order valence-corrected chi connectivity index (χ4v) is 2.44. The molecule has 2 heterocycles. The Bertz CT molecular complexity index is 754. The number of allylic oxidation sites excluding steroid dienone is 1. The van der Waals surface area contributed by atoms with E-state index in [1.54, 1.807) is 18.3 Å². The first-order valence-electron chi connectivity index (χ1n) is 6.79. The summed E-state index contributed by atoms with van der Waals surface area (Å²) in [4.78, 5) is 5.43. The van der Waals surface area contributed by atoms with Crippen molar-refractivity contribution in [2.75, 3.05) is 4.90 Å². The second-order valence-corrected chi connectivity index (χ2v) is 5.00. The fourth-order valence-electron chi connectivity index (χ4n) is 2.44. The monoisotopic (exact) mass is 300 g/mol. The Balaban J connectivity index is 2.13. The number of anilines is 1. The van der Waals surface area contributed by atoms with E-state index in [0.717, 1.165) is 5.69 Å². The van der Waals surface area contributed by atoms with E-state index in [-0.39, 0.29) is 5.76 Å². The molecule has 1 aromatic heterocycles. The molecular formula is C17H14F2N2O. The minimum atomic E-state index is -1.45. The third-order valence-electron chi connectivity index (χ3n) is 3.42. The van der Waals surface area contributed by atoms with Gasteiger partial charge in [0.15, 0.2) is 6.30 Å². The molecule has 112 valence electrons. The maximum absolute atomic E-state index is 14.4. The van der Waals surface area contributed by atoms with E-state index in [9.17, 15) is 13.9 Å². The minimum Gasteiger partial charge on any atom is -0.506 e. The number of aliphatic hydroxyl groups is 1. The van der Waals surface area contributed by atoms with Crippen molar-refractivity contribution < 1.29 is 13.9 Å². The first-order chi connectivity index (χ1) is 10.6. The van der Waals surface area contributed by atoms with Crippen molar-refractivity contribution in [1.82, 2.24) is 4.98 Å². The Morgan fingerprint density at radius 3 is 2.59 bits per heavy atom. The molecule has 5 heteroatoms. The summed E-state index contributed by atoms with van der Waals surface area (Å²) < 4.78 is 27.5. The molecule has 0 radical (unpaired) electrons. The summed E-state index contributed by atoms with van der Waals surface area (Å²) in [7, 11) is 0. The lowest BCUT2D eigenvalue weighted by Crippen LogP contribution is -2.32. The summed E-state index contributed by atoms with van der Waals surface area (Å²) in [6.45, 7) is 1.81. The zero-order valence-corrected chi connectivity index (χ0v) is 11.9. The third kappa shape index (κ3) is 2.57. The molecule has 1 aromatic carbocycles. The number of hydrogen-bond acceptors (Lipinski definition) is 3. The maximum Gasteiger partial charge on any atom is 0.196 e. The predicted molar refractivity (Wildman–Crippen MR) is 81.4 cm³/mol. The van der Waals surface area contributed by atoms with Crippen LogP contribution in [0.2, 0.25) is 0 Å². The van der Waals surface area contributed by atoms with Crippen molar-refractivity contribution in [3.05, 3.63) is 77.6 Å². The number of halogens is 2. The molecule has 0 saturated heterocycles. The lowest BCUT2D eigenvalue weighted by Gasteiger charge is -2.32. The molecule has 2 aromatic rings. The largest absolute Gasteiger partial charge is 0.506 e. The van der Waals surface area contributed by atoms with Gasteiger partial charge in [-0.05, 0) is 55.5 Å². The van der Waals surface area contributed by atoms with Gasteiger partial charge < -0.3 is 10.0 Å². The highest BCUT2D eigenvalue weighted by Crippen LogP contribution is 2.34. The number of hydrogen-bond donors (Lipinski definition) is 1. The Morgan fingerprint density at radius 1 is 1.18 bits per heavy atom. The van der Waals surface area contributed by atoms with Crippen LogP contribution in [0.15, 0.2) is 60.5 Å². The van der Waals surface area contributed by atoms with E-state index in [1.807, 2.05) is 6.92 Å². The Labute approximate surface area is 126 Å². The molecule has 0 aliphatic carbocycles. The van der Waals surface area contributed by atoms with Crippen LogP contribution in [0.25, 0.3) is 5.70 Å². The average Bonchev–Trinajstić information content (AvgIpc) is 2.50. The van der Waals surface area contributed by atoms with Gasteiger partial charge >= 0.3 is 0 Å². The lowest BCUT2D eigenvalue weighted by molar-refractivity contribution is 0.382. The van der Waals surface area contributed by atoms with Crippen molar-refractivity contribution in [3.63, 3.8) is 0 Å². The summed E-state index contributed by atoms with van der Waals surface area (Å²) in [6, 6.07) is 8.92. The molecule has 3 rings (SSSR count). The Kier molecular flexibility index (Phi) is 3.63. The third-order valence-corrected chi connectivity index (χ3v) is 3.42. The Hall–Kier alpha value is -2.69. The topological polar surface area (TPSA) is 36.4 Å². The zero-order chi connectivity index (χ0) is 15.7. The molecule has 1 N–H and O–H groups in total. The standard InChI is InChI=1S/C17H14F2N2O/c1-11-10-12(8-9-20-11)17-15(22)6-7-16(19)21(17)14-4-2-13(18)3-5-14/h2-10,16,22H,1H3. The summed E-state index contributed by atoms with van der Waals surface area (Å²) in [5.41, 5.74) is 2.17. The first kappa shape index (κ1) is 14.3. The van der Waals surface area contributed by atoms with Gasteiger partial charge in [-0.15, -0.1) is 0 Å². The molecular weight excluding hydrogens is 286 g/mol. The highest BCUT2D eigenvalue weighted by Gasteiger charge is 2.27. The van der Waals surface area contributed by atoms with Crippen LogP contribution in [-0.2, 0) is 0 Å². The van der Waals surface area contributed by atoms with Crippen molar-refractivity contribution >= 4 is 11.4 Å². The van der Waals surface area contributed by atoms with Crippen LogP contribution >= 0.6 is 0 Å². The number of nitrogens with zero attached hydrogens (tertiary/aromatic N) is 2. The van der Waals surface area contributed by atoms with Gasteiger partial charge in [-0.25, -0.2) is 8.78 Å². The van der Waals surface area contributed by atoms with E-state index >= 15 is 0 Å². The second kappa shape index (κ2) is 5.60. The number of aliphatic hydroxyl groups excluding tert-OH is 1. The van der Waals surface area contributed by atoms with Gasteiger partial charge in [-0.1, -0.05) is 0 Å². The first-order valence-corrected chi connectivity index (χ1v) is 6.79. The van der Waals surface area contributed by atoms with Crippen LogP contribution in [0, 0.1) is 12.7 Å². The van der Waals surface area contributed by atoms with Gasteiger partial charge in [0, 0.05) is 23.1 Å². The van der Waals surface area contributed by atoms with Crippen LogP contribution in [0.5, 0.6) is 0 Å². The van der Waals surface area contributed by atoms with E-state index in [1.165, 1.54) is 41.3 Å². The van der Waals surface area contributed by atoms with Gasteiger partial charge in [0.2, 0.25) is 0 Å². The van der Waals surface area contributed by atoms with E-state index in [2.05, 4.69) is 4.98 Å². The van der Waals surface area contributed by atoms with Crippen molar-refractivity contribution in [1.29, 1.82) is 0 Å². The van der Waals surface area contributed by atoms with E-state index in [0.29, 0.717) is 16.9 Å². The molecule has 1 unspecified atom stereocenters. The normalized spacial score (nSPS) is 18.0. The minimum absolute atomic E-state index is 0.0520. The van der Waals surface area contributed by atoms with Crippen LogP contribution in [0.3, 0.4) is 0 Å². The molecule has 0 saturated carbocycles. The van der Waals surface area contributed by atoms with Gasteiger partial charge in [-0.3, -0.25) is 4.98 Å². The lowest BCUT2D eigenvalue weighted by atomic mass is 10.1. The molecule has 22 heavy (non-hydrogen) atoms. The summed E-state index contributed by atoms with van der Waals surface area (Å²) in [5, 5.41) is 10.2. The predicted octanol–water partition coefficient (Wildman–Crippen LogP) is 4.13. The SMILES string of the molecule is Cc1cc(C2=C(O)C=CC(F)N2c2ccc(F)cc2)ccn1. The number of pyridine rings is 1. The quantitative estimate of drug-likeness (QED) is 0.847. The highest BCUT2D eigenvalue weighted by atomic mass is 19.1. The van der Waals surface area contributed by atoms with Gasteiger partial charge in [0.25, 0.3) is 0 Å². The molecule has 0 spiro atoms. The summed E-state index contributed by atoms with van der Waals surface area (Å²) in [5.74, 6) is -0.454. The number of aromatic nitrogens is 1. The second-order valence-electron chi connectivity index (χ2n) is 5.00. The van der Waals surface area contributed by atoms with Crippen molar-refractivity contribution in [3.8, 4) is 0 Å². The van der Waals surface area contributed by atoms with Crippen LogP contribution < -0.4 is 4.90 Å². The summed E-state index contributed by atoms with van der Waals surface area (Å²) in [6.07, 6.45) is 2.72. The number of benzene rings is 1. The van der Waals surface area contributed by atoms with Gasteiger partial charge in [0.1, 0.15) is 11.6 Å². The average molecular weight is 300 g/mol. The molecule has 1 atom stereocenters. The van der Waals surface area contributed by atoms with Crippen molar-refractivity contribution in [2.24, 2.45) is 0 Å². The van der Waals surface area contributed by atoms with Gasteiger partial charge in [0.05, 0.1) is 5.70 Å². The summed E-state index contributed by atoms with van der Waals surface area (Å²) >= 11 is 0. The Morgan fingerprint density at radius 2 is 1.91 bits per heavy atom. The fraction of sp³-hybridized carbons (Fsp3) is 0.118. The van der Waals surface area contributed by atoms with Gasteiger partial charge in [-0.2, -0.15) is 0 Å². The molecule has 0 amide bonds. The molecule has 0 bridgehead atoms. The maximum atomic E-state index is 14.4. The number of alkyl halides is 1. The smallest absolute Gasteiger partial charge is 0.196 e. The molecule has 3 nitrogen and oxygen atoms in total. The van der Waals surface area contributed by atoms with Crippen LogP contribution in [0.4, 0.5) is 14.5 Å². The molecule has 0 fully saturated rings.